The summed E-state index contributed by atoms with van der Waals surface area (Å²) < 4.78 is 5.58. The highest BCUT2D eigenvalue weighted by Crippen LogP contribution is 2.44. The van der Waals surface area contributed by atoms with Gasteiger partial charge >= 0.3 is 0 Å². The standard InChI is InChI=1S/C15H15NO2/c1-17-15-13-9-4-3-7-11(13)12-8-5-6-10-14(12)16(15)18-2/h3-10,15H,1-2H3. The monoisotopic (exact) mass is 241 g/mol. The maximum absolute atomic E-state index is 5.58. The fourth-order valence-electron chi connectivity index (χ4n) is 2.52. The lowest BCUT2D eigenvalue weighted by Crippen LogP contribution is -2.32. The Morgan fingerprint density at radius 1 is 0.889 bits per heavy atom. The molecule has 0 aromatic heterocycles. The van der Waals surface area contributed by atoms with E-state index in [2.05, 4.69) is 18.2 Å². The highest BCUT2D eigenvalue weighted by atomic mass is 16.7. The zero-order valence-corrected chi connectivity index (χ0v) is 10.5. The van der Waals surface area contributed by atoms with E-state index in [4.69, 9.17) is 9.57 Å². The van der Waals surface area contributed by atoms with Crippen LogP contribution in [-0.2, 0) is 9.57 Å². The van der Waals surface area contributed by atoms with Crippen LogP contribution in [0.5, 0.6) is 0 Å². The van der Waals surface area contributed by atoms with E-state index in [1.54, 1.807) is 19.3 Å². The van der Waals surface area contributed by atoms with E-state index in [9.17, 15) is 0 Å². The number of ether oxygens (including phenoxy) is 1. The average Bonchev–Trinajstić information content (AvgIpc) is 2.45. The summed E-state index contributed by atoms with van der Waals surface area (Å²) in [5.74, 6) is 0. The summed E-state index contributed by atoms with van der Waals surface area (Å²) in [6.45, 7) is 0. The zero-order chi connectivity index (χ0) is 12.5. The fourth-order valence-corrected chi connectivity index (χ4v) is 2.52. The van der Waals surface area contributed by atoms with E-state index in [-0.39, 0.29) is 6.23 Å². The van der Waals surface area contributed by atoms with Crippen molar-refractivity contribution in [2.24, 2.45) is 0 Å². The molecule has 0 saturated carbocycles. The quantitative estimate of drug-likeness (QED) is 0.804. The summed E-state index contributed by atoms with van der Waals surface area (Å²) in [6.07, 6.45) is -0.207. The van der Waals surface area contributed by atoms with Gasteiger partial charge in [0.05, 0.1) is 12.8 Å². The van der Waals surface area contributed by atoms with Crippen molar-refractivity contribution in [1.29, 1.82) is 0 Å². The summed E-state index contributed by atoms with van der Waals surface area (Å²) in [5, 5.41) is 1.80. The van der Waals surface area contributed by atoms with Crippen molar-refractivity contribution < 1.29 is 9.57 Å². The Morgan fingerprint density at radius 2 is 1.56 bits per heavy atom. The summed E-state index contributed by atoms with van der Waals surface area (Å²) in [6, 6.07) is 16.4. The molecule has 3 nitrogen and oxygen atoms in total. The number of benzene rings is 2. The molecule has 0 N–H and O–H groups in total. The van der Waals surface area contributed by atoms with Gasteiger partial charge in [-0.1, -0.05) is 42.5 Å². The van der Waals surface area contributed by atoms with Crippen molar-refractivity contribution in [3.63, 3.8) is 0 Å². The Hall–Kier alpha value is -1.84. The number of anilines is 1. The van der Waals surface area contributed by atoms with Gasteiger partial charge in [0.2, 0.25) is 0 Å². The largest absolute Gasteiger partial charge is 0.355 e. The molecule has 0 bridgehead atoms. The molecule has 2 aromatic carbocycles. The van der Waals surface area contributed by atoms with Crippen molar-refractivity contribution in [2.45, 2.75) is 6.23 Å². The molecule has 0 fully saturated rings. The third kappa shape index (κ3) is 1.52. The Labute approximate surface area is 107 Å². The van der Waals surface area contributed by atoms with Crippen LogP contribution in [0.25, 0.3) is 11.1 Å². The lowest BCUT2D eigenvalue weighted by atomic mass is 9.93. The third-order valence-corrected chi connectivity index (χ3v) is 3.29. The lowest BCUT2D eigenvalue weighted by molar-refractivity contribution is 0.00143. The third-order valence-electron chi connectivity index (χ3n) is 3.29. The van der Waals surface area contributed by atoms with Gasteiger partial charge in [0.25, 0.3) is 0 Å². The summed E-state index contributed by atoms with van der Waals surface area (Å²) in [7, 11) is 3.36. The maximum atomic E-state index is 5.58. The van der Waals surface area contributed by atoms with Crippen LogP contribution in [0.1, 0.15) is 11.8 Å². The molecule has 0 amide bonds. The van der Waals surface area contributed by atoms with E-state index in [0.29, 0.717) is 0 Å². The van der Waals surface area contributed by atoms with Crippen molar-refractivity contribution in [2.75, 3.05) is 19.3 Å². The van der Waals surface area contributed by atoms with Crippen LogP contribution in [0.3, 0.4) is 0 Å². The first-order chi connectivity index (χ1) is 8.86. The topological polar surface area (TPSA) is 21.7 Å². The number of hydrogen-bond acceptors (Lipinski definition) is 3. The number of nitrogens with zero attached hydrogens (tertiary/aromatic N) is 1. The molecule has 2 aromatic rings. The Morgan fingerprint density at radius 3 is 2.28 bits per heavy atom. The maximum Gasteiger partial charge on any atom is 0.180 e. The highest BCUT2D eigenvalue weighted by Gasteiger charge is 2.30. The van der Waals surface area contributed by atoms with Crippen molar-refractivity contribution in [3.8, 4) is 11.1 Å². The van der Waals surface area contributed by atoms with Crippen LogP contribution in [0.15, 0.2) is 48.5 Å². The molecule has 1 aliphatic rings. The second-order valence-corrected chi connectivity index (χ2v) is 4.20. The minimum atomic E-state index is -0.207. The van der Waals surface area contributed by atoms with Crippen molar-refractivity contribution >= 4 is 5.69 Å². The van der Waals surface area contributed by atoms with E-state index in [1.807, 2.05) is 30.3 Å². The Kier molecular flexibility index (Phi) is 2.78. The van der Waals surface area contributed by atoms with Gasteiger partial charge in [0.15, 0.2) is 6.23 Å². The molecule has 3 rings (SSSR count). The number of fused-ring (bicyclic) bond motifs is 3. The average molecular weight is 241 g/mol. The predicted octanol–water partition coefficient (Wildman–Crippen LogP) is 3.38. The summed E-state index contributed by atoms with van der Waals surface area (Å²) in [5.41, 5.74) is 4.53. The zero-order valence-electron chi connectivity index (χ0n) is 10.5. The van der Waals surface area contributed by atoms with Gasteiger partial charge < -0.3 is 4.74 Å². The van der Waals surface area contributed by atoms with Gasteiger partial charge in [-0.3, -0.25) is 4.84 Å². The molecule has 1 heterocycles. The first kappa shape index (κ1) is 11.3. The van der Waals surface area contributed by atoms with E-state index >= 15 is 0 Å². The van der Waals surface area contributed by atoms with Crippen LogP contribution < -0.4 is 5.06 Å². The van der Waals surface area contributed by atoms with Crippen molar-refractivity contribution in [1.82, 2.24) is 0 Å². The van der Waals surface area contributed by atoms with Gasteiger partial charge in [-0.2, -0.15) is 0 Å². The van der Waals surface area contributed by atoms with Gasteiger partial charge in [0, 0.05) is 18.2 Å². The van der Waals surface area contributed by atoms with Crippen molar-refractivity contribution in [3.05, 3.63) is 54.1 Å². The van der Waals surface area contributed by atoms with Gasteiger partial charge in [0.1, 0.15) is 0 Å². The van der Waals surface area contributed by atoms with Gasteiger partial charge in [-0.15, -0.1) is 0 Å². The molecule has 0 spiro atoms. The molecule has 1 atom stereocenters. The van der Waals surface area contributed by atoms with Crippen LogP contribution in [0.2, 0.25) is 0 Å². The molecular formula is C15H15NO2. The molecule has 18 heavy (non-hydrogen) atoms. The molecule has 1 unspecified atom stereocenters. The summed E-state index contributed by atoms with van der Waals surface area (Å²) in [4.78, 5) is 5.49. The molecule has 1 aliphatic heterocycles. The number of rotatable bonds is 2. The number of hydrogen-bond donors (Lipinski definition) is 0. The normalized spacial score (nSPS) is 17.2. The molecule has 0 aliphatic carbocycles. The minimum Gasteiger partial charge on any atom is -0.355 e. The number of methoxy groups -OCH3 is 1. The first-order valence-corrected chi connectivity index (χ1v) is 5.91. The number of para-hydroxylation sites is 1. The Bertz CT molecular complexity index is 516. The smallest absolute Gasteiger partial charge is 0.180 e. The predicted molar refractivity (Wildman–Crippen MR) is 71.1 cm³/mol. The van der Waals surface area contributed by atoms with Crippen LogP contribution >= 0.6 is 0 Å². The minimum absolute atomic E-state index is 0.207. The van der Waals surface area contributed by atoms with E-state index in [0.717, 1.165) is 11.3 Å². The molecular weight excluding hydrogens is 226 g/mol. The number of hydroxylamine groups is 1. The van der Waals surface area contributed by atoms with Crippen LogP contribution in [0, 0.1) is 0 Å². The Balaban J connectivity index is 2.27. The fraction of sp³-hybridized carbons (Fsp3) is 0.200. The first-order valence-electron chi connectivity index (χ1n) is 5.91. The van der Waals surface area contributed by atoms with Crippen LogP contribution in [-0.4, -0.2) is 14.2 Å². The van der Waals surface area contributed by atoms with Crippen LogP contribution in [0.4, 0.5) is 5.69 Å². The summed E-state index contributed by atoms with van der Waals surface area (Å²) >= 11 is 0. The SMILES string of the molecule is COC1c2ccccc2-c2ccccc2N1OC. The molecule has 0 saturated heterocycles. The molecule has 0 radical (unpaired) electrons. The lowest BCUT2D eigenvalue weighted by Gasteiger charge is -2.36. The second kappa shape index (κ2) is 4.44. The molecule has 92 valence electrons. The molecule has 3 heteroatoms. The highest BCUT2D eigenvalue weighted by molar-refractivity contribution is 5.83. The van der Waals surface area contributed by atoms with E-state index in [1.165, 1.54) is 11.1 Å². The second-order valence-electron chi connectivity index (χ2n) is 4.20. The van der Waals surface area contributed by atoms with Gasteiger partial charge in [-0.05, 0) is 11.6 Å². The van der Waals surface area contributed by atoms with E-state index < -0.39 is 0 Å². The van der Waals surface area contributed by atoms with Gasteiger partial charge in [-0.25, -0.2) is 5.06 Å².